The summed E-state index contributed by atoms with van der Waals surface area (Å²) in [5.74, 6) is -0.551. The first-order chi connectivity index (χ1) is 9.92. The monoisotopic (exact) mass is 308 g/mol. The Labute approximate surface area is 123 Å². The van der Waals surface area contributed by atoms with E-state index in [1.54, 1.807) is 0 Å². The van der Waals surface area contributed by atoms with Crippen molar-refractivity contribution < 1.29 is 12.8 Å². The molecule has 0 aliphatic carbocycles. The van der Waals surface area contributed by atoms with E-state index in [4.69, 9.17) is 5.73 Å². The summed E-state index contributed by atoms with van der Waals surface area (Å²) < 4.78 is 40.3. The van der Waals surface area contributed by atoms with Crippen LogP contribution >= 0.6 is 0 Å². The van der Waals surface area contributed by atoms with E-state index in [2.05, 4.69) is 4.72 Å². The molecule has 4 nitrogen and oxygen atoms in total. The molecule has 3 N–H and O–H groups in total. The lowest BCUT2D eigenvalue weighted by atomic mass is 10.1. The van der Waals surface area contributed by atoms with Crippen molar-refractivity contribution in [3.05, 3.63) is 65.5 Å². The van der Waals surface area contributed by atoms with Crippen LogP contribution in [0.1, 0.15) is 17.2 Å². The minimum Gasteiger partial charge on any atom is -0.323 e. The standard InChI is InChI=1S/C15H17FN2O2S/c1-11-13(16)8-5-9-15(11)21(19,20)18-10-14(17)12-6-3-2-4-7-12/h2-9,14,18H,10,17H2,1H3/t14-/m1/s1. The van der Waals surface area contributed by atoms with Crippen molar-refractivity contribution in [2.75, 3.05) is 6.54 Å². The molecule has 0 fully saturated rings. The molecule has 6 heteroatoms. The van der Waals surface area contributed by atoms with Crippen LogP contribution in [0.5, 0.6) is 0 Å². The maximum absolute atomic E-state index is 13.5. The summed E-state index contributed by atoms with van der Waals surface area (Å²) in [6, 6.07) is 12.7. The second-order valence-corrected chi connectivity index (χ2v) is 6.47. The van der Waals surface area contributed by atoms with Crippen LogP contribution in [0.25, 0.3) is 0 Å². The summed E-state index contributed by atoms with van der Waals surface area (Å²) in [7, 11) is -3.79. The van der Waals surface area contributed by atoms with E-state index in [0.717, 1.165) is 5.56 Å². The molecule has 2 rings (SSSR count). The van der Waals surface area contributed by atoms with Gasteiger partial charge in [0.1, 0.15) is 5.82 Å². The third-order valence-electron chi connectivity index (χ3n) is 3.23. The zero-order chi connectivity index (χ0) is 15.5. The second kappa shape index (κ2) is 6.34. The minimum atomic E-state index is -3.79. The van der Waals surface area contributed by atoms with Crippen LogP contribution in [0.4, 0.5) is 4.39 Å². The summed E-state index contributed by atoms with van der Waals surface area (Å²) >= 11 is 0. The molecule has 0 bridgehead atoms. The van der Waals surface area contributed by atoms with Crippen molar-refractivity contribution in [1.29, 1.82) is 0 Å². The molecular weight excluding hydrogens is 291 g/mol. The maximum atomic E-state index is 13.5. The number of hydrogen-bond donors (Lipinski definition) is 2. The molecule has 1 atom stereocenters. The first kappa shape index (κ1) is 15.6. The van der Waals surface area contributed by atoms with Gasteiger partial charge in [0.2, 0.25) is 10.0 Å². The predicted molar refractivity (Wildman–Crippen MR) is 79.7 cm³/mol. The normalized spacial score (nSPS) is 13.1. The SMILES string of the molecule is Cc1c(F)cccc1S(=O)(=O)NC[C@@H](N)c1ccccc1. The number of nitrogens with two attached hydrogens (primary N) is 1. The topological polar surface area (TPSA) is 72.2 Å². The highest BCUT2D eigenvalue weighted by Gasteiger charge is 2.19. The Kier molecular flexibility index (Phi) is 4.72. The van der Waals surface area contributed by atoms with E-state index in [1.807, 2.05) is 30.3 Å². The van der Waals surface area contributed by atoms with Crippen molar-refractivity contribution in [3.8, 4) is 0 Å². The Morgan fingerprint density at radius 3 is 2.48 bits per heavy atom. The Morgan fingerprint density at radius 1 is 1.14 bits per heavy atom. The molecule has 0 spiro atoms. The minimum absolute atomic E-state index is 0.0439. The lowest BCUT2D eigenvalue weighted by Gasteiger charge is -2.14. The van der Waals surface area contributed by atoms with Crippen molar-refractivity contribution in [1.82, 2.24) is 4.72 Å². The van der Waals surface area contributed by atoms with Gasteiger partial charge in [0.15, 0.2) is 0 Å². The van der Waals surface area contributed by atoms with Crippen molar-refractivity contribution in [3.63, 3.8) is 0 Å². The van der Waals surface area contributed by atoms with E-state index in [0.29, 0.717) is 0 Å². The van der Waals surface area contributed by atoms with E-state index in [9.17, 15) is 12.8 Å². The van der Waals surface area contributed by atoms with Gasteiger partial charge in [-0.15, -0.1) is 0 Å². The summed E-state index contributed by atoms with van der Waals surface area (Å²) in [5, 5.41) is 0. The van der Waals surface area contributed by atoms with Gasteiger partial charge in [0.05, 0.1) is 4.90 Å². The molecule has 0 aromatic heterocycles. The average Bonchev–Trinajstić information content (AvgIpc) is 2.48. The van der Waals surface area contributed by atoms with Crippen LogP contribution in [0.15, 0.2) is 53.4 Å². The molecule has 0 radical (unpaired) electrons. The average molecular weight is 308 g/mol. The first-order valence-electron chi connectivity index (χ1n) is 6.47. The summed E-state index contributed by atoms with van der Waals surface area (Å²) in [5.41, 5.74) is 6.87. The highest BCUT2D eigenvalue weighted by molar-refractivity contribution is 7.89. The quantitative estimate of drug-likeness (QED) is 0.888. The van der Waals surface area contributed by atoms with Crippen molar-refractivity contribution in [2.45, 2.75) is 17.9 Å². The molecule has 2 aromatic carbocycles. The Hall–Kier alpha value is -1.76. The van der Waals surface area contributed by atoms with Gasteiger partial charge in [0, 0.05) is 18.2 Å². The molecule has 0 aliphatic rings. The number of benzene rings is 2. The highest BCUT2D eigenvalue weighted by Crippen LogP contribution is 2.18. The van der Waals surface area contributed by atoms with E-state index in [-0.39, 0.29) is 17.0 Å². The molecule has 2 aromatic rings. The Bertz CT molecular complexity index is 718. The van der Waals surface area contributed by atoms with Crippen LogP contribution in [0.3, 0.4) is 0 Å². The fourth-order valence-electron chi connectivity index (χ4n) is 1.97. The highest BCUT2D eigenvalue weighted by atomic mass is 32.2. The van der Waals surface area contributed by atoms with Gasteiger partial charge in [-0.3, -0.25) is 0 Å². The van der Waals surface area contributed by atoms with Gasteiger partial charge in [-0.1, -0.05) is 36.4 Å². The van der Waals surface area contributed by atoms with Crippen LogP contribution < -0.4 is 10.5 Å². The third kappa shape index (κ3) is 3.66. The number of hydrogen-bond acceptors (Lipinski definition) is 3. The lowest BCUT2D eigenvalue weighted by molar-refractivity contribution is 0.567. The number of nitrogens with one attached hydrogen (secondary N) is 1. The summed E-state index contributed by atoms with van der Waals surface area (Å²) in [4.78, 5) is -0.0669. The van der Waals surface area contributed by atoms with Crippen LogP contribution in [-0.2, 0) is 10.0 Å². The van der Waals surface area contributed by atoms with Gasteiger partial charge in [0.25, 0.3) is 0 Å². The number of rotatable bonds is 5. The molecular formula is C15H17FN2O2S. The van der Waals surface area contributed by atoms with E-state index < -0.39 is 21.9 Å². The number of halogens is 1. The largest absolute Gasteiger partial charge is 0.323 e. The Morgan fingerprint density at radius 2 is 1.81 bits per heavy atom. The molecule has 21 heavy (non-hydrogen) atoms. The Balaban J connectivity index is 2.14. The second-order valence-electron chi connectivity index (χ2n) is 4.73. The zero-order valence-electron chi connectivity index (χ0n) is 11.6. The smallest absolute Gasteiger partial charge is 0.240 e. The fourth-order valence-corrected chi connectivity index (χ4v) is 3.29. The van der Waals surface area contributed by atoms with Crippen molar-refractivity contribution in [2.24, 2.45) is 5.73 Å². The predicted octanol–water partition coefficient (Wildman–Crippen LogP) is 2.11. The fraction of sp³-hybridized carbons (Fsp3) is 0.200. The summed E-state index contributed by atoms with van der Waals surface area (Å²) in [6.07, 6.45) is 0. The summed E-state index contributed by atoms with van der Waals surface area (Å²) in [6.45, 7) is 1.48. The van der Waals surface area contributed by atoms with Crippen molar-refractivity contribution >= 4 is 10.0 Å². The first-order valence-corrected chi connectivity index (χ1v) is 7.95. The molecule has 0 saturated carbocycles. The zero-order valence-corrected chi connectivity index (χ0v) is 12.4. The molecule has 112 valence electrons. The van der Waals surface area contributed by atoms with Gasteiger partial charge in [-0.25, -0.2) is 17.5 Å². The molecule has 0 amide bonds. The number of sulfonamides is 1. The maximum Gasteiger partial charge on any atom is 0.240 e. The van der Waals surface area contributed by atoms with Gasteiger partial charge in [-0.05, 0) is 24.6 Å². The molecule has 0 heterocycles. The van der Waals surface area contributed by atoms with E-state index in [1.165, 1.54) is 25.1 Å². The van der Waals surface area contributed by atoms with Gasteiger partial charge >= 0.3 is 0 Å². The van der Waals surface area contributed by atoms with Gasteiger partial charge in [-0.2, -0.15) is 0 Å². The van der Waals surface area contributed by atoms with Crippen LogP contribution in [0.2, 0.25) is 0 Å². The van der Waals surface area contributed by atoms with E-state index >= 15 is 0 Å². The molecule has 0 unspecified atom stereocenters. The molecule has 0 saturated heterocycles. The van der Waals surface area contributed by atoms with Crippen LogP contribution in [-0.4, -0.2) is 15.0 Å². The molecule has 0 aliphatic heterocycles. The van der Waals surface area contributed by atoms with Gasteiger partial charge < -0.3 is 5.73 Å². The van der Waals surface area contributed by atoms with Crippen LogP contribution in [0, 0.1) is 12.7 Å². The third-order valence-corrected chi connectivity index (χ3v) is 4.80. The lowest BCUT2D eigenvalue weighted by Crippen LogP contribution is -2.32.